The van der Waals surface area contributed by atoms with Crippen molar-refractivity contribution in [1.82, 2.24) is 19.8 Å². The van der Waals surface area contributed by atoms with E-state index in [0.29, 0.717) is 0 Å². The fourth-order valence-electron chi connectivity index (χ4n) is 3.53. The molecule has 1 aliphatic rings. The van der Waals surface area contributed by atoms with Gasteiger partial charge in [-0.25, -0.2) is 4.98 Å². The second-order valence-corrected chi connectivity index (χ2v) is 7.10. The number of benzene rings is 1. The SMILES string of the molecule is Cn1ccnc1[C@@H](NC(=O)CCC(=O)N1CCCCCC1)c1ccccc1. The van der Waals surface area contributed by atoms with Gasteiger partial charge in [0.25, 0.3) is 0 Å². The van der Waals surface area contributed by atoms with Gasteiger partial charge in [0.15, 0.2) is 0 Å². The van der Waals surface area contributed by atoms with Crippen molar-refractivity contribution < 1.29 is 9.59 Å². The van der Waals surface area contributed by atoms with E-state index in [1.807, 2.05) is 53.0 Å². The van der Waals surface area contributed by atoms with E-state index < -0.39 is 0 Å². The predicted octanol–water partition coefficient (Wildman–Crippen LogP) is 2.81. The summed E-state index contributed by atoms with van der Waals surface area (Å²) in [5.74, 6) is 0.726. The Hall–Kier alpha value is -2.63. The molecule has 6 heteroatoms. The van der Waals surface area contributed by atoms with E-state index in [0.717, 1.165) is 37.3 Å². The van der Waals surface area contributed by atoms with Gasteiger partial charge >= 0.3 is 0 Å². The van der Waals surface area contributed by atoms with Crippen molar-refractivity contribution in [2.24, 2.45) is 7.05 Å². The molecule has 27 heavy (non-hydrogen) atoms. The average molecular weight is 368 g/mol. The Morgan fingerprint density at radius 2 is 1.78 bits per heavy atom. The molecule has 1 saturated heterocycles. The molecule has 0 aliphatic carbocycles. The minimum atomic E-state index is -0.327. The van der Waals surface area contributed by atoms with E-state index in [9.17, 15) is 9.59 Å². The third kappa shape index (κ3) is 5.18. The summed E-state index contributed by atoms with van der Waals surface area (Å²) in [4.78, 5) is 31.3. The van der Waals surface area contributed by atoms with Crippen LogP contribution < -0.4 is 5.32 Å². The lowest BCUT2D eigenvalue weighted by molar-refractivity contribution is -0.133. The molecule has 2 aromatic rings. The van der Waals surface area contributed by atoms with E-state index in [1.54, 1.807) is 6.20 Å². The molecule has 1 N–H and O–H groups in total. The summed E-state index contributed by atoms with van der Waals surface area (Å²) in [5, 5.41) is 3.05. The Morgan fingerprint density at radius 3 is 2.41 bits per heavy atom. The first-order chi connectivity index (χ1) is 13.1. The zero-order chi connectivity index (χ0) is 19.1. The Balaban J connectivity index is 1.61. The van der Waals surface area contributed by atoms with Crippen LogP contribution in [0.5, 0.6) is 0 Å². The van der Waals surface area contributed by atoms with Crippen LogP contribution in [0.3, 0.4) is 0 Å². The van der Waals surface area contributed by atoms with Gasteiger partial charge in [-0.1, -0.05) is 43.2 Å². The second kappa shape index (κ2) is 9.35. The molecule has 0 bridgehead atoms. The van der Waals surface area contributed by atoms with Gasteiger partial charge in [-0.15, -0.1) is 0 Å². The summed E-state index contributed by atoms with van der Waals surface area (Å²) in [5.41, 5.74) is 0.971. The first-order valence-corrected chi connectivity index (χ1v) is 9.74. The topological polar surface area (TPSA) is 67.2 Å². The van der Waals surface area contributed by atoms with E-state index in [-0.39, 0.29) is 30.7 Å². The van der Waals surface area contributed by atoms with E-state index in [4.69, 9.17) is 0 Å². The summed E-state index contributed by atoms with van der Waals surface area (Å²) >= 11 is 0. The zero-order valence-electron chi connectivity index (χ0n) is 15.9. The van der Waals surface area contributed by atoms with Crippen molar-refractivity contribution in [3.63, 3.8) is 0 Å². The van der Waals surface area contributed by atoms with Crippen LogP contribution in [0, 0.1) is 0 Å². The predicted molar refractivity (Wildman–Crippen MR) is 104 cm³/mol. The molecule has 144 valence electrons. The maximum atomic E-state index is 12.6. The van der Waals surface area contributed by atoms with Crippen LogP contribution in [0.4, 0.5) is 0 Å². The number of aryl methyl sites for hydroxylation is 1. The smallest absolute Gasteiger partial charge is 0.223 e. The lowest BCUT2D eigenvalue weighted by atomic mass is 10.1. The van der Waals surface area contributed by atoms with Crippen molar-refractivity contribution in [3.05, 3.63) is 54.1 Å². The van der Waals surface area contributed by atoms with Gasteiger partial charge in [-0.2, -0.15) is 0 Å². The van der Waals surface area contributed by atoms with Crippen LogP contribution >= 0.6 is 0 Å². The van der Waals surface area contributed by atoms with Crippen LogP contribution in [-0.4, -0.2) is 39.4 Å². The quantitative estimate of drug-likeness (QED) is 0.853. The number of rotatable bonds is 6. The molecule has 1 fully saturated rings. The fourth-order valence-corrected chi connectivity index (χ4v) is 3.53. The standard InChI is InChI=1S/C21H28N4O2/c1-24-16-13-22-21(24)20(17-9-5-4-6-10-17)23-18(26)11-12-19(27)25-14-7-2-3-8-15-25/h4-6,9-10,13,16,20H,2-3,7-8,11-12,14-15H2,1H3,(H,23,26)/t20-/m0/s1. The summed E-state index contributed by atoms with van der Waals surface area (Å²) in [7, 11) is 1.91. The van der Waals surface area contributed by atoms with Crippen LogP contribution in [0.1, 0.15) is 56.0 Å². The van der Waals surface area contributed by atoms with Crippen molar-refractivity contribution in [1.29, 1.82) is 0 Å². The van der Waals surface area contributed by atoms with Crippen molar-refractivity contribution in [2.45, 2.75) is 44.6 Å². The zero-order valence-corrected chi connectivity index (χ0v) is 15.9. The van der Waals surface area contributed by atoms with Crippen LogP contribution in [0.2, 0.25) is 0 Å². The van der Waals surface area contributed by atoms with E-state index in [1.165, 1.54) is 12.8 Å². The first kappa shape index (κ1) is 19.1. The highest BCUT2D eigenvalue weighted by molar-refractivity contribution is 5.84. The van der Waals surface area contributed by atoms with Gasteiger partial charge < -0.3 is 14.8 Å². The second-order valence-electron chi connectivity index (χ2n) is 7.10. The number of hydrogen-bond donors (Lipinski definition) is 1. The number of aromatic nitrogens is 2. The molecule has 6 nitrogen and oxygen atoms in total. The van der Waals surface area contributed by atoms with Gasteiger partial charge in [0.05, 0.1) is 0 Å². The van der Waals surface area contributed by atoms with Gasteiger partial charge in [-0.05, 0) is 18.4 Å². The van der Waals surface area contributed by atoms with Crippen LogP contribution in [0.25, 0.3) is 0 Å². The minimum absolute atomic E-state index is 0.0836. The molecule has 1 atom stereocenters. The van der Waals surface area contributed by atoms with Crippen LogP contribution in [0.15, 0.2) is 42.7 Å². The molecule has 0 radical (unpaired) electrons. The number of carbonyl (C=O) groups is 2. The summed E-state index contributed by atoms with van der Waals surface area (Å²) in [6.07, 6.45) is 8.54. The van der Waals surface area contributed by atoms with Crippen molar-refractivity contribution in [2.75, 3.05) is 13.1 Å². The Kier molecular flexibility index (Phi) is 6.63. The van der Waals surface area contributed by atoms with Gasteiger partial charge in [0.1, 0.15) is 11.9 Å². The molecule has 2 heterocycles. The summed E-state index contributed by atoms with van der Waals surface area (Å²) in [6.45, 7) is 1.64. The number of hydrogen-bond acceptors (Lipinski definition) is 3. The average Bonchev–Trinajstić information content (AvgIpc) is 2.94. The Labute approximate surface area is 160 Å². The number of carbonyl (C=O) groups excluding carboxylic acids is 2. The van der Waals surface area contributed by atoms with Gasteiger partial charge in [0, 0.05) is 45.4 Å². The molecule has 0 saturated carbocycles. The highest BCUT2D eigenvalue weighted by atomic mass is 16.2. The fraction of sp³-hybridized carbons (Fsp3) is 0.476. The maximum Gasteiger partial charge on any atom is 0.223 e. The lowest BCUT2D eigenvalue weighted by Gasteiger charge is -2.21. The van der Waals surface area contributed by atoms with Crippen molar-refractivity contribution >= 4 is 11.8 Å². The number of likely N-dealkylation sites (tertiary alicyclic amines) is 1. The molecule has 0 spiro atoms. The van der Waals surface area contributed by atoms with E-state index in [2.05, 4.69) is 10.3 Å². The first-order valence-electron chi connectivity index (χ1n) is 9.74. The molecular formula is C21H28N4O2. The molecule has 1 aliphatic heterocycles. The molecule has 1 aromatic heterocycles. The minimum Gasteiger partial charge on any atom is -0.343 e. The Morgan fingerprint density at radius 1 is 1.07 bits per heavy atom. The third-order valence-electron chi connectivity index (χ3n) is 5.08. The normalized spacial score (nSPS) is 15.8. The highest BCUT2D eigenvalue weighted by Gasteiger charge is 2.22. The van der Waals surface area contributed by atoms with Crippen LogP contribution in [-0.2, 0) is 16.6 Å². The number of imidazole rings is 1. The molecule has 0 unspecified atom stereocenters. The monoisotopic (exact) mass is 368 g/mol. The molecule has 2 amide bonds. The van der Waals surface area contributed by atoms with Crippen molar-refractivity contribution in [3.8, 4) is 0 Å². The molecule has 3 rings (SSSR count). The number of amides is 2. The number of nitrogens with one attached hydrogen (secondary N) is 1. The number of nitrogens with zero attached hydrogens (tertiary/aromatic N) is 3. The summed E-state index contributed by atoms with van der Waals surface area (Å²) < 4.78 is 1.90. The molecule has 1 aromatic carbocycles. The van der Waals surface area contributed by atoms with Gasteiger partial charge in [-0.3, -0.25) is 9.59 Å². The van der Waals surface area contributed by atoms with E-state index >= 15 is 0 Å². The largest absolute Gasteiger partial charge is 0.343 e. The highest BCUT2D eigenvalue weighted by Crippen LogP contribution is 2.20. The van der Waals surface area contributed by atoms with Gasteiger partial charge in [0.2, 0.25) is 11.8 Å². The third-order valence-corrected chi connectivity index (χ3v) is 5.08. The molecular weight excluding hydrogens is 340 g/mol. The maximum absolute atomic E-state index is 12.6. The summed E-state index contributed by atoms with van der Waals surface area (Å²) in [6, 6.07) is 9.46. The Bertz CT molecular complexity index is 749. The lowest BCUT2D eigenvalue weighted by Crippen LogP contribution is -2.34.